The summed E-state index contributed by atoms with van der Waals surface area (Å²) in [6.45, 7) is 11.4. The lowest BCUT2D eigenvalue weighted by Crippen LogP contribution is -2.65. The van der Waals surface area contributed by atoms with Crippen molar-refractivity contribution < 1.29 is 79.5 Å². The lowest BCUT2D eigenvalue weighted by Gasteiger charge is -2.45. The number of benzene rings is 2. The molecule has 10 unspecified atom stereocenters. The van der Waals surface area contributed by atoms with Crippen LogP contribution in [0.5, 0.6) is 0 Å². The number of hydrogen-bond acceptors (Lipinski definition) is 12. The second-order valence-corrected chi connectivity index (χ2v) is 29.4. The van der Waals surface area contributed by atoms with Crippen LogP contribution in [0.1, 0.15) is 160 Å². The smallest absolute Gasteiger partial charge is 0.347 e. The molecular weight excluding hydrogens is 1330 g/mol. The number of aryl methyl sites for hydroxylation is 2. The van der Waals surface area contributed by atoms with Crippen LogP contribution in [-0.2, 0) is 76.6 Å². The minimum Gasteiger partial charge on any atom is -0.347 e. The van der Waals surface area contributed by atoms with Crippen molar-refractivity contribution in [3.8, 4) is 0 Å². The van der Waals surface area contributed by atoms with E-state index in [1.165, 1.54) is 90.6 Å². The topological polar surface area (TPSA) is 270 Å². The van der Waals surface area contributed by atoms with E-state index in [9.17, 15) is 41.9 Å². The van der Waals surface area contributed by atoms with E-state index in [0.717, 1.165) is 15.4 Å². The van der Waals surface area contributed by atoms with Gasteiger partial charge in [-0.2, -0.15) is 13.2 Å². The Balaban J connectivity index is 1.31. The Kier molecular flexibility index (Phi) is 27.3. The molecule has 3 aliphatic heterocycles. The van der Waals surface area contributed by atoms with E-state index < -0.39 is 192 Å². The summed E-state index contributed by atoms with van der Waals surface area (Å²) in [4.78, 5) is 191. The molecule has 3 saturated heterocycles. The first-order valence-corrected chi connectivity index (χ1v) is 35.9. The molecule has 102 heavy (non-hydrogen) atoms. The van der Waals surface area contributed by atoms with Gasteiger partial charge in [0.05, 0.1) is 13.0 Å². The summed E-state index contributed by atoms with van der Waals surface area (Å²) in [5.74, 6) is -13.6. The lowest BCUT2D eigenvalue weighted by molar-refractivity contribution is -0.161. The highest BCUT2D eigenvalue weighted by atomic mass is 19.4. The molecule has 7 rings (SSSR count). The molecule has 0 radical (unpaired) electrons. The fourth-order valence-electron chi connectivity index (χ4n) is 15.1. The molecule has 1 spiro atoms. The Morgan fingerprint density at radius 1 is 0.667 bits per heavy atom. The number of alkyl halides is 3. The zero-order valence-electron chi connectivity index (χ0n) is 61.6. The van der Waals surface area contributed by atoms with Crippen LogP contribution in [-0.4, -0.2) is 250 Å². The number of carbonyl (C=O) groups is 12. The molecule has 2 aliphatic carbocycles. The van der Waals surface area contributed by atoms with Crippen LogP contribution in [0.4, 0.5) is 22.0 Å². The van der Waals surface area contributed by atoms with Crippen molar-refractivity contribution in [1.82, 2.24) is 60.0 Å². The Labute approximate surface area is 595 Å². The number of fused-ring (bicyclic) bond motifs is 2. The molecule has 5 fully saturated rings. The molecular formula is C73H105F5N12O12. The molecule has 5 aliphatic rings. The number of rotatable bonds is 12. The molecule has 12 amide bonds. The Morgan fingerprint density at radius 2 is 1.27 bits per heavy atom. The maximum absolute atomic E-state index is 15.6. The van der Waals surface area contributed by atoms with Crippen molar-refractivity contribution >= 4 is 70.9 Å². The van der Waals surface area contributed by atoms with Crippen molar-refractivity contribution in [2.75, 3.05) is 75.5 Å². The van der Waals surface area contributed by atoms with Gasteiger partial charge in [0.2, 0.25) is 70.9 Å². The van der Waals surface area contributed by atoms with E-state index in [1.54, 1.807) is 26.0 Å². The number of nitrogens with one attached hydrogen (secondary N) is 3. The number of nitrogens with zero attached hydrogens (tertiary/aromatic N) is 9. The van der Waals surface area contributed by atoms with E-state index >= 15 is 37.5 Å². The van der Waals surface area contributed by atoms with Crippen molar-refractivity contribution in [1.29, 1.82) is 0 Å². The summed E-state index contributed by atoms with van der Waals surface area (Å²) in [6, 6.07) is -3.71. The third-order valence-electron chi connectivity index (χ3n) is 21.7. The van der Waals surface area contributed by atoms with Crippen LogP contribution >= 0.6 is 0 Å². The highest BCUT2D eigenvalue weighted by Gasteiger charge is 2.52. The summed E-state index contributed by atoms with van der Waals surface area (Å²) in [5, 5.41) is 8.52. The first-order valence-electron chi connectivity index (χ1n) is 35.9. The zero-order valence-corrected chi connectivity index (χ0v) is 61.6. The van der Waals surface area contributed by atoms with Crippen molar-refractivity contribution in [2.45, 2.75) is 224 Å². The average molecular weight is 1440 g/mol. The number of likely N-dealkylation sites (N-methyl/N-ethyl adjacent to an activating group) is 7. The normalized spacial score (nSPS) is 26.4. The fourth-order valence-corrected chi connectivity index (χ4v) is 15.1. The third-order valence-corrected chi connectivity index (χ3v) is 21.7. The lowest BCUT2D eigenvalue weighted by atomic mass is 9.90. The van der Waals surface area contributed by atoms with E-state index in [1.807, 2.05) is 39.8 Å². The summed E-state index contributed by atoms with van der Waals surface area (Å²) < 4.78 is 71.5. The predicted octanol–water partition coefficient (Wildman–Crippen LogP) is 5.24. The van der Waals surface area contributed by atoms with Gasteiger partial charge in [-0.25, -0.2) is 8.78 Å². The molecule has 2 saturated carbocycles. The molecule has 24 nitrogen and oxygen atoms in total. The van der Waals surface area contributed by atoms with Gasteiger partial charge in [-0.05, 0) is 126 Å². The second kappa shape index (κ2) is 34.3. The average Bonchev–Trinajstić information content (AvgIpc) is 1.31. The molecule has 564 valence electrons. The monoisotopic (exact) mass is 1440 g/mol. The van der Waals surface area contributed by atoms with Crippen LogP contribution < -0.4 is 16.0 Å². The Morgan fingerprint density at radius 3 is 1.82 bits per heavy atom. The van der Waals surface area contributed by atoms with Crippen LogP contribution in [0.25, 0.3) is 0 Å². The Bertz CT molecular complexity index is 3410. The van der Waals surface area contributed by atoms with Crippen LogP contribution in [0.3, 0.4) is 0 Å². The van der Waals surface area contributed by atoms with Gasteiger partial charge in [0, 0.05) is 75.4 Å². The molecule has 3 heterocycles. The first-order chi connectivity index (χ1) is 47.9. The van der Waals surface area contributed by atoms with E-state index in [4.69, 9.17) is 0 Å². The van der Waals surface area contributed by atoms with Crippen LogP contribution in [0.15, 0.2) is 36.4 Å². The van der Waals surface area contributed by atoms with Gasteiger partial charge < -0.3 is 60.0 Å². The summed E-state index contributed by atoms with van der Waals surface area (Å²) >= 11 is 0. The summed E-state index contributed by atoms with van der Waals surface area (Å²) in [5.41, 5.74) is -2.58. The van der Waals surface area contributed by atoms with Crippen molar-refractivity contribution in [3.63, 3.8) is 0 Å². The highest BCUT2D eigenvalue weighted by molar-refractivity contribution is 6.01. The summed E-state index contributed by atoms with van der Waals surface area (Å²) in [7, 11) is 9.83. The van der Waals surface area contributed by atoms with Crippen LogP contribution in [0, 0.1) is 36.3 Å². The molecule has 3 N–H and O–H groups in total. The second-order valence-electron chi connectivity index (χ2n) is 29.4. The molecule has 0 bridgehead atoms. The third kappa shape index (κ3) is 18.4. The van der Waals surface area contributed by atoms with Gasteiger partial charge in [-0.1, -0.05) is 89.6 Å². The van der Waals surface area contributed by atoms with Gasteiger partial charge in [0.25, 0.3) is 0 Å². The van der Waals surface area contributed by atoms with E-state index in [2.05, 4.69) is 16.0 Å². The summed E-state index contributed by atoms with van der Waals surface area (Å²) in [6.07, 6.45) is -2.62. The molecule has 10 atom stereocenters. The SMILES string of the molecule is CCC(C)C1NC(=O)C(CC(C)C)N(C)C(=O)CC(C(=O)N(C)C)N(C)C(=O)C(C2CCCC2)N(C)C(=O)C2(CCCC2)NC(=O)C2CCCN2C(=O)C(CCc2cc(F)c(C(F)(F)F)c(F)c2)NC(=O)CN(C)C(=O)C(Cc2ccc(C)cc2)N(CC)C(=O)C2CCN2C(=O)C(C)N(C)C1=O. The maximum Gasteiger partial charge on any atom is 0.422 e. The van der Waals surface area contributed by atoms with Gasteiger partial charge in [-0.15, -0.1) is 0 Å². The van der Waals surface area contributed by atoms with Crippen LogP contribution in [0.2, 0.25) is 0 Å². The van der Waals surface area contributed by atoms with Gasteiger partial charge >= 0.3 is 6.18 Å². The van der Waals surface area contributed by atoms with Crippen molar-refractivity contribution in [2.24, 2.45) is 17.8 Å². The molecule has 0 aromatic heterocycles. The Hall–Kier alpha value is -8.27. The van der Waals surface area contributed by atoms with E-state index in [-0.39, 0.29) is 76.1 Å². The number of hydrogen-bond donors (Lipinski definition) is 3. The minimum absolute atomic E-state index is 0.0487. The highest BCUT2D eigenvalue weighted by Crippen LogP contribution is 2.38. The van der Waals surface area contributed by atoms with Gasteiger partial charge in [0.1, 0.15) is 77.1 Å². The first kappa shape index (κ1) is 81.0. The molecule has 2 aromatic carbocycles. The van der Waals surface area contributed by atoms with E-state index in [0.29, 0.717) is 62.6 Å². The van der Waals surface area contributed by atoms with Crippen molar-refractivity contribution in [3.05, 3.63) is 70.3 Å². The maximum atomic E-state index is 15.6. The fraction of sp³-hybridized carbons (Fsp3) is 0.671. The molecule has 29 heteroatoms. The molecule has 2 aromatic rings. The van der Waals surface area contributed by atoms with Gasteiger partial charge in [0.15, 0.2) is 0 Å². The zero-order chi connectivity index (χ0) is 75.7. The largest absolute Gasteiger partial charge is 0.422 e. The quantitative estimate of drug-likeness (QED) is 0.231. The van der Waals surface area contributed by atoms with Gasteiger partial charge in [-0.3, -0.25) is 57.5 Å². The number of carbonyl (C=O) groups excluding carboxylic acids is 12. The predicted molar refractivity (Wildman–Crippen MR) is 368 cm³/mol. The number of halogens is 5. The standard InChI is InChI=1S/C73H105F5N12O12/c1-15-44(6)60-69(100)84(11)45(7)64(95)90-35-31-53(90)68(99)88(16-2)56(39-46-27-25-43(5)26-28-46)67(98)83(10)41-57(91)79-51(30-29-47-37-49(74)59(50(75)38-47)73(76,77)78)65(96)89-34-21-24-52(89)63(94)81-72(32-19-20-33-72)71(102)87(14)61(48-22-17-18-23-48)70(101)86(13)55(66(97)82(8)9)40-58(92)85(12)54(36-42(3)4)62(93)80-60/h25-28,37-38,42,44-45,48,51-56,60-61H,15-24,29-36,39-41H2,1-14H3,(H,79,91)(H,80,93)(H,81,94). The number of amides is 12. The minimum atomic E-state index is -5.40.